The van der Waals surface area contributed by atoms with Gasteiger partial charge in [-0.1, -0.05) is 30.3 Å². The molecule has 0 heterocycles. The van der Waals surface area contributed by atoms with Crippen molar-refractivity contribution in [1.82, 2.24) is 0 Å². The van der Waals surface area contributed by atoms with Crippen LogP contribution in [0.4, 0.5) is 0 Å². The van der Waals surface area contributed by atoms with E-state index in [0.717, 1.165) is 12.8 Å². The van der Waals surface area contributed by atoms with E-state index in [1.165, 1.54) is 11.1 Å². The average molecular weight is 364 g/mol. The van der Waals surface area contributed by atoms with E-state index in [9.17, 15) is 0 Å². The average Bonchev–Trinajstić information content (AvgIpc) is 2.59. The molecule has 0 radical (unpaired) electrons. The third kappa shape index (κ3) is 5.27. The Labute approximate surface area is 113 Å². The normalized spacial score (nSPS) is 11.9. The summed E-state index contributed by atoms with van der Waals surface area (Å²) < 4.78 is 0. The van der Waals surface area contributed by atoms with Crippen LogP contribution >= 0.6 is 0 Å². The van der Waals surface area contributed by atoms with E-state index in [-0.39, 0.29) is 40.7 Å². The van der Waals surface area contributed by atoms with Gasteiger partial charge in [-0.05, 0) is 12.0 Å². The predicted molar refractivity (Wildman–Crippen MR) is 63.5 cm³/mol. The fourth-order valence-electron chi connectivity index (χ4n) is 1.39. The zero-order valence-corrected chi connectivity index (χ0v) is 13.0. The Kier molecular flexibility index (Phi) is 10.0. The van der Waals surface area contributed by atoms with Crippen LogP contribution in [-0.2, 0) is 32.3 Å². The fourth-order valence-corrected chi connectivity index (χ4v) is 1.39. The van der Waals surface area contributed by atoms with Crippen molar-refractivity contribution in [3.05, 3.63) is 74.5 Å². The Balaban J connectivity index is 0. The maximum absolute atomic E-state index is 3.31. The summed E-state index contributed by atoms with van der Waals surface area (Å²) in [5.74, 6) is 0. The molecule has 80 valence electrons. The summed E-state index contributed by atoms with van der Waals surface area (Å²) in [4.78, 5) is 0. The Bertz CT molecular complexity index is 309. The molecule has 0 aromatic heterocycles. The molecule has 0 unspecified atom stereocenters. The van der Waals surface area contributed by atoms with E-state index in [2.05, 4.69) is 42.5 Å². The van der Waals surface area contributed by atoms with Gasteiger partial charge < -0.3 is 14.9 Å². The van der Waals surface area contributed by atoms with Crippen molar-refractivity contribution in [3.63, 3.8) is 0 Å². The van der Waals surface area contributed by atoms with Gasteiger partial charge in [-0.3, -0.25) is 6.08 Å². The third-order valence-corrected chi connectivity index (χ3v) is 2.00. The van der Waals surface area contributed by atoms with E-state index in [4.69, 9.17) is 0 Å². The van der Waals surface area contributed by atoms with Gasteiger partial charge in [0.15, 0.2) is 0 Å². The molecule has 0 saturated heterocycles. The molecule has 1 heteroatoms. The van der Waals surface area contributed by atoms with Crippen molar-refractivity contribution in [1.29, 1.82) is 0 Å². The van der Waals surface area contributed by atoms with Crippen molar-refractivity contribution in [2.45, 2.75) is 12.8 Å². The summed E-state index contributed by atoms with van der Waals surface area (Å²) in [6.45, 7) is 0. The van der Waals surface area contributed by atoms with Crippen LogP contribution in [-0.4, -0.2) is 0 Å². The van der Waals surface area contributed by atoms with E-state index in [0.29, 0.717) is 0 Å². The maximum Gasteiger partial charge on any atom is 0 e. The second-order valence-electron chi connectivity index (χ2n) is 2.97. The van der Waals surface area contributed by atoms with Gasteiger partial charge in [0.05, 0.1) is 0 Å². The van der Waals surface area contributed by atoms with Crippen molar-refractivity contribution < 1.29 is 25.8 Å². The van der Waals surface area contributed by atoms with Crippen LogP contribution in [0.2, 0.25) is 0 Å². The van der Waals surface area contributed by atoms with Gasteiger partial charge in [0.25, 0.3) is 0 Å². The monoisotopic (exact) mass is 365 g/mol. The molecule has 15 heavy (non-hydrogen) atoms. The largest absolute Gasteiger partial charge is 0.358 e. The number of rotatable bonds is 2. The van der Waals surface area contributed by atoms with Crippen LogP contribution in [0.15, 0.2) is 48.1 Å². The summed E-state index contributed by atoms with van der Waals surface area (Å²) in [7, 11) is 0. The molecule has 0 aliphatic heterocycles. The summed E-state index contributed by atoms with van der Waals surface area (Å²) in [6, 6.07) is 10.5. The molecule has 0 saturated carbocycles. The smallest absolute Gasteiger partial charge is 0 e. The summed E-state index contributed by atoms with van der Waals surface area (Å²) in [5, 5.41) is 0. The van der Waals surface area contributed by atoms with Crippen molar-refractivity contribution >= 4 is 0 Å². The molecule has 0 nitrogen and oxygen atoms in total. The minimum absolute atomic E-state index is 0. The summed E-state index contributed by atoms with van der Waals surface area (Å²) >= 11 is 0. The SMILES string of the molecule is [C-]1=C(Cc2ccccc2)C=CC1.[CH3-].[CH3-].[Hf]. The van der Waals surface area contributed by atoms with Crippen molar-refractivity contribution in [2.24, 2.45) is 0 Å². The van der Waals surface area contributed by atoms with Crippen LogP contribution in [0.25, 0.3) is 0 Å². The number of benzene rings is 1. The molecule has 0 atom stereocenters. The topological polar surface area (TPSA) is 0 Å². The van der Waals surface area contributed by atoms with Crippen LogP contribution < -0.4 is 0 Å². The van der Waals surface area contributed by atoms with E-state index < -0.39 is 0 Å². The fraction of sp³-hybridized carbons (Fsp3) is 0.143. The zero-order valence-electron chi connectivity index (χ0n) is 9.46. The standard InChI is InChI=1S/C12H11.2CH3.Hf/c1-2-6-11(7-3-1)10-12-8-4-5-9-12;;;/h1-4,6-8H,5,10H2;2*1H3;/q3*-1;. The molecule has 1 aliphatic rings. The molecule has 0 N–H and O–H groups in total. The predicted octanol–water partition coefficient (Wildman–Crippen LogP) is 3.82. The molecule has 0 bridgehead atoms. The molecule has 1 aromatic rings. The first-order valence-corrected chi connectivity index (χ1v) is 4.25. The Morgan fingerprint density at radius 2 is 1.73 bits per heavy atom. The van der Waals surface area contributed by atoms with Crippen molar-refractivity contribution in [2.75, 3.05) is 0 Å². The Morgan fingerprint density at radius 3 is 2.27 bits per heavy atom. The molecule has 0 fully saturated rings. The summed E-state index contributed by atoms with van der Waals surface area (Å²) in [6.07, 6.45) is 9.63. The molecule has 1 aromatic carbocycles. The van der Waals surface area contributed by atoms with Gasteiger partial charge in [0.1, 0.15) is 0 Å². The maximum atomic E-state index is 3.31. The molecule has 0 spiro atoms. The first kappa shape index (κ1) is 17.0. The van der Waals surface area contributed by atoms with Gasteiger partial charge in [0, 0.05) is 25.8 Å². The van der Waals surface area contributed by atoms with E-state index in [1.807, 2.05) is 6.07 Å². The molecular weight excluding hydrogens is 347 g/mol. The second-order valence-corrected chi connectivity index (χ2v) is 2.97. The van der Waals surface area contributed by atoms with Gasteiger partial charge >= 0.3 is 0 Å². The molecule has 1 aliphatic carbocycles. The number of allylic oxidation sites excluding steroid dienone is 4. The van der Waals surface area contributed by atoms with Crippen molar-refractivity contribution in [3.8, 4) is 0 Å². The molecular formula is C14H17Hf-3. The number of hydrogen-bond donors (Lipinski definition) is 0. The van der Waals surface area contributed by atoms with Crippen LogP contribution in [0.1, 0.15) is 12.0 Å². The Hall–Kier alpha value is -0.430. The second kappa shape index (κ2) is 8.84. The quantitative estimate of drug-likeness (QED) is 0.553. The first-order chi connectivity index (χ1) is 5.95. The van der Waals surface area contributed by atoms with Gasteiger partial charge in [-0.15, -0.1) is 6.42 Å². The minimum Gasteiger partial charge on any atom is -0.358 e. The van der Waals surface area contributed by atoms with Crippen LogP contribution in [0.3, 0.4) is 0 Å². The summed E-state index contributed by atoms with van der Waals surface area (Å²) in [5.41, 5.74) is 2.69. The molecule has 0 amide bonds. The third-order valence-electron chi connectivity index (χ3n) is 2.00. The van der Waals surface area contributed by atoms with Gasteiger partial charge in [-0.2, -0.15) is 6.08 Å². The van der Waals surface area contributed by atoms with Crippen LogP contribution in [0.5, 0.6) is 0 Å². The number of hydrogen-bond acceptors (Lipinski definition) is 0. The zero-order chi connectivity index (χ0) is 8.23. The van der Waals surface area contributed by atoms with Gasteiger partial charge in [-0.25, -0.2) is 11.6 Å². The minimum atomic E-state index is 0. The van der Waals surface area contributed by atoms with Gasteiger partial charge in [0.2, 0.25) is 0 Å². The Morgan fingerprint density at radius 1 is 1.07 bits per heavy atom. The van der Waals surface area contributed by atoms with Crippen LogP contribution in [0, 0.1) is 20.9 Å². The van der Waals surface area contributed by atoms with E-state index in [1.54, 1.807) is 0 Å². The molecule has 2 rings (SSSR count). The first-order valence-electron chi connectivity index (χ1n) is 4.25. The van der Waals surface area contributed by atoms with E-state index >= 15 is 0 Å².